The minimum absolute atomic E-state index is 0. The third-order valence-corrected chi connectivity index (χ3v) is 6.08. The molecular weight excluding hydrogens is 584 g/mol. The summed E-state index contributed by atoms with van der Waals surface area (Å²) in [5.41, 5.74) is 0. The van der Waals surface area contributed by atoms with Crippen LogP contribution >= 0.6 is 0 Å². The molecule has 12 nitrogen and oxygen atoms in total. The van der Waals surface area contributed by atoms with Gasteiger partial charge >= 0.3 is 43.7 Å². The molecule has 43 heavy (non-hydrogen) atoms. The summed E-state index contributed by atoms with van der Waals surface area (Å²) in [4.78, 5) is 40.3. The summed E-state index contributed by atoms with van der Waals surface area (Å²) in [6, 6.07) is -1.67. The molecule has 0 heterocycles. The van der Waals surface area contributed by atoms with Crippen molar-refractivity contribution in [3.05, 3.63) is 24.3 Å². The molecule has 0 radical (unpaired) electrons. The van der Waals surface area contributed by atoms with Crippen molar-refractivity contribution in [3.8, 4) is 0 Å². The van der Waals surface area contributed by atoms with Gasteiger partial charge in [-0.1, -0.05) is 63.8 Å². The Hall–Kier alpha value is -1.54. The predicted octanol–water partition coefficient (Wildman–Crippen LogP) is 0.632. The smallest absolute Gasteiger partial charge is 0.862 e. The molecule has 0 aliphatic heterocycles. The fraction of sp³-hybridized carbons (Fsp3) is 0.733. The van der Waals surface area contributed by atoms with Crippen molar-refractivity contribution in [1.29, 1.82) is 0 Å². The molecule has 0 aromatic rings. The summed E-state index contributed by atoms with van der Waals surface area (Å²) in [6.07, 6.45) is 13.0. The predicted molar refractivity (Wildman–Crippen MR) is 166 cm³/mol. The van der Waals surface area contributed by atoms with E-state index in [4.69, 9.17) is 5.11 Å². The van der Waals surface area contributed by atoms with Crippen LogP contribution in [0.15, 0.2) is 29.3 Å². The van der Waals surface area contributed by atoms with Crippen LogP contribution in [-0.2, 0) is 14.4 Å². The Balaban J connectivity index is -0.000000727. The fourth-order valence-corrected chi connectivity index (χ4v) is 3.43. The number of allylic oxidation sites excluding steroid dienone is 2. The molecule has 244 valence electrons. The van der Waals surface area contributed by atoms with Crippen LogP contribution in [-0.4, -0.2) is 137 Å². The molecule has 0 spiro atoms. The van der Waals surface area contributed by atoms with E-state index in [0.29, 0.717) is 0 Å². The van der Waals surface area contributed by atoms with Gasteiger partial charge in [0.25, 0.3) is 0 Å². The minimum atomic E-state index is -1.25. The number of hydrogen-bond donors (Lipinski definition) is 4. The average Bonchev–Trinajstić information content (AvgIpc) is 2.92. The first-order chi connectivity index (χ1) is 19.8. The molecule has 4 unspecified atom stereocenters. The number of unbranched alkanes of at least 4 members (excludes halogenated alkanes) is 4. The van der Waals surface area contributed by atoms with Crippen LogP contribution in [0.2, 0.25) is 0 Å². The third kappa shape index (κ3) is 27.7. The molecule has 0 saturated heterocycles. The summed E-state index contributed by atoms with van der Waals surface area (Å²) in [6.45, 7) is 10.7. The number of aliphatic carboxylic acids is 2. The molecule has 0 aliphatic carbocycles. The SMILES string of the molecule is CCCC/C=C/CC(=O)NCN(CC(C)O)C(C)C(=O)O.CCCC/C=C/CC([O-])=NCN(CC(C)O)C(C)C(=O)[O-].[Ca+2]. The largest absolute Gasteiger partial charge is 2.00 e. The number of carbonyl (C=O) groups excluding carboxylic acids is 2. The maximum absolute atomic E-state index is 11.7. The number of rotatable bonds is 22. The molecule has 0 rings (SSSR count). The fourth-order valence-electron chi connectivity index (χ4n) is 3.43. The molecular formula is C30H54CaN4O8. The Morgan fingerprint density at radius 2 is 1.30 bits per heavy atom. The zero-order chi connectivity index (χ0) is 32.5. The summed E-state index contributed by atoms with van der Waals surface area (Å²) < 4.78 is 0. The number of hydrogen-bond acceptors (Lipinski definition) is 10. The van der Waals surface area contributed by atoms with E-state index >= 15 is 0 Å². The van der Waals surface area contributed by atoms with E-state index in [1.54, 1.807) is 19.9 Å². The van der Waals surface area contributed by atoms with Crippen molar-refractivity contribution in [1.82, 2.24) is 15.1 Å². The molecule has 4 atom stereocenters. The molecule has 13 heteroatoms. The average molecular weight is 639 g/mol. The van der Waals surface area contributed by atoms with E-state index in [1.165, 1.54) is 23.6 Å². The van der Waals surface area contributed by atoms with Crippen LogP contribution in [0.3, 0.4) is 0 Å². The van der Waals surface area contributed by atoms with Gasteiger partial charge in [-0.25, -0.2) is 0 Å². The van der Waals surface area contributed by atoms with Crippen LogP contribution in [0.4, 0.5) is 0 Å². The van der Waals surface area contributed by atoms with Crippen molar-refractivity contribution < 1.29 is 39.9 Å². The van der Waals surface area contributed by atoms with E-state index in [-0.39, 0.29) is 88.8 Å². The normalized spacial score (nSPS) is 14.6. The molecule has 0 fully saturated rings. The molecule has 4 N–H and O–H groups in total. The standard InChI is InChI=1S/2C15H28N2O4.Ca/c2*1-4-5-6-7-8-9-14(19)16-11-17(10-12(2)18)13(3)15(20)21;/h2*7-8,12-13,18H,4-6,9-11H2,1-3H3,(H,16,19)(H,20,21);/q;;+2/p-2/b2*8-7+;. The minimum Gasteiger partial charge on any atom is -0.862 e. The molecule has 1 amide bonds. The Kier molecular flexibility index (Phi) is 31.1. The molecule has 0 aromatic carbocycles. The molecule has 0 saturated carbocycles. The van der Waals surface area contributed by atoms with Gasteiger partial charge in [-0.05, 0) is 52.9 Å². The Labute approximate surface area is 287 Å². The number of carboxylic acids is 2. The van der Waals surface area contributed by atoms with Crippen LogP contribution in [0.25, 0.3) is 0 Å². The maximum atomic E-state index is 11.7. The number of carbonyl (C=O) groups is 3. The van der Waals surface area contributed by atoms with Gasteiger partial charge in [0.05, 0.1) is 31.5 Å². The number of nitrogens with zero attached hydrogens (tertiary/aromatic N) is 3. The summed E-state index contributed by atoms with van der Waals surface area (Å²) in [5.74, 6) is -2.69. The number of carboxylic acid groups (broad SMARTS) is 2. The van der Waals surface area contributed by atoms with Gasteiger partial charge in [-0.15, -0.1) is 0 Å². The van der Waals surface area contributed by atoms with Crippen LogP contribution < -0.4 is 15.5 Å². The van der Waals surface area contributed by atoms with E-state index in [2.05, 4.69) is 24.2 Å². The van der Waals surface area contributed by atoms with Gasteiger partial charge in [0.15, 0.2) is 0 Å². The van der Waals surface area contributed by atoms with E-state index < -0.39 is 36.2 Å². The maximum Gasteiger partial charge on any atom is 2.00 e. The van der Waals surface area contributed by atoms with Crippen LogP contribution in [0.1, 0.15) is 92.9 Å². The van der Waals surface area contributed by atoms with Gasteiger partial charge in [-0.2, -0.15) is 0 Å². The second kappa shape index (κ2) is 29.2. The van der Waals surface area contributed by atoms with Crippen molar-refractivity contribution in [2.75, 3.05) is 26.4 Å². The number of amides is 1. The molecule has 0 bridgehead atoms. The second-order valence-electron chi connectivity index (χ2n) is 10.3. The Morgan fingerprint density at radius 3 is 1.74 bits per heavy atom. The third-order valence-electron chi connectivity index (χ3n) is 6.08. The van der Waals surface area contributed by atoms with E-state index in [9.17, 15) is 34.8 Å². The first-order valence-electron chi connectivity index (χ1n) is 14.8. The molecule has 0 aromatic heterocycles. The van der Waals surface area contributed by atoms with Gasteiger partial charge in [-0.3, -0.25) is 24.4 Å². The van der Waals surface area contributed by atoms with Gasteiger partial charge in [0, 0.05) is 25.6 Å². The Bertz CT molecular complexity index is 837. The Morgan fingerprint density at radius 1 is 0.814 bits per heavy atom. The quantitative estimate of drug-likeness (QED) is 0.0327. The van der Waals surface area contributed by atoms with E-state index in [0.717, 1.165) is 38.5 Å². The second-order valence-corrected chi connectivity index (χ2v) is 10.3. The van der Waals surface area contributed by atoms with Crippen molar-refractivity contribution in [3.63, 3.8) is 0 Å². The van der Waals surface area contributed by atoms with Gasteiger partial charge in [0.1, 0.15) is 6.04 Å². The van der Waals surface area contributed by atoms with Crippen molar-refractivity contribution >= 4 is 61.5 Å². The number of nitrogens with one attached hydrogen (secondary N) is 1. The first-order valence-corrected chi connectivity index (χ1v) is 14.8. The number of aliphatic hydroxyl groups excluding tert-OH is 2. The number of aliphatic hydroxyl groups is 2. The summed E-state index contributed by atoms with van der Waals surface area (Å²) in [5, 5.41) is 52.9. The van der Waals surface area contributed by atoms with Gasteiger partial charge < -0.3 is 35.6 Å². The first kappa shape index (κ1) is 45.9. The van der Waals surface area contributed by atoms with Crippen LogP contribution in [0, 0.1) is 0 Å². The molecule has 0 aliphatic rings. The van der Waals surface area contributed by atoms with E-state index in [1.807, 2.05) is 18.2 Å². The van der Waals surface area contributed by atoms with Crippen molar-refractivity contribution in [2.24, 2.45) is 4.99 Å². The van der Waals surface area contributed by atoms with Crippen LogP contribution in [0.5, 0.6) is 0 Å². The number of aliphatic imine (C=N–C) groups is 1. The summed E-state index contributed by atoms with van der Waals surface area (Å²) >= 11 is 0. The van der Waals surface area contributed by atoms with Gasteiger partial charge in [0.2, 0.25) is 5.91 Å². The monoisotopic (exact) mass is 638 g/mol. The zero-order valence-corrected chi connectivity index (χ0v) is 29.2. The topological polar surface area (TPSA) is 189 Å². The summed E-state index contributed by atoms with van der Waals surface area (Å²) in [7, 11) is 0. The zero-order valence-electron chi connectivity index (χ0n) is 27.0. The van der Waals surface area contributed by atoms with Crippen molar-refractivity contribution in [2.45, 2.75) is 117 Å².